The Labute approximate surface area is 135 Å². The summed E-state index contributed by atoms with van der Waals surface area (Å²) in [6.45, 7) is 6.64. The van der Waals surface area contributed by atoms with Crippen LogP contribution in [0.5, 0.6) is 0 Å². The molecule has 0 aliphatic carbocycles. The number of nitriles is 1. The summed E-state index contributed by atoms with van der Waals surface area (Å²) in [6, 6.07) is 12.3. The van der Waals surface area contributed by atoms with Crippen molar-refractivity contribution in [3.8, 4) is 6.07 Å². The lowest BCUT2D eigenvalue weighted by molar-refractivity contribution is 1.02. The molecule has 0 radical (unpaired) electrons. The van der Waals surface area contributed by atoms with Gasteiger partial charge >= 0.3 is 0 Å². The van der Waals surface area contributed by atoms with Crippen molar-refractivity contribution in [1.82, 2.24) is 9.97 Å². The van der Waals surface area contributed by atoms with Gasteiger partial charge in [-0.3, -0.25) is 9.97 Å². The molecule has 2 aromatic heterocycles. The van der Waals surface area contributed by atoms with Crippen LogP contribution in [0.4, 0.5) is 5.69 Å². The second-order valence-electron chi connectivity index (χ2n) is 5.76. The first-order valence-corrected chi connectivity index (χ1v) is 7.55. The average Bonchev–Trinajstić information content (AvgIpc) is 2.52. The summed E-state index contributed by atoms with van der Waals surface area (Å²) < 4.78 is 0. The van der Waals surface area contributed by atoms with E-state index in [4.69, 9.17) is 0 Å². The zero-order chi connectivity index (χ0) is 16.4. The van der Waals surface area contributed by atoms with E-state index in [2.05, 4.69) is 40.4 Å². The molecule has 114 valence electrons. The van der Waals surface area contributed by atoms with E-state index < -0.39 is 0 Å². The molecule has 0 atom stereocenters. The Bertz CT molecular complexity index is 923. The van der Waals surface area contributed by atoms with E-state index in [1.54, 1.807) is 6.20 Å². The first kappa shape index (κ1) is 15.0. The minimum atomic E-state index is 0.551. The number of rotatable bonds is 3. The van der Waals surface area contributed by atoms with E-state index in [1.807, 2.05) is 32.0 Å². The fourth-order valence-electron chi connectivity index (χ4n) is 2.81. The van der Waals surface area contributed by atoms with Gasteiger partial charge in [0, 0.05) is 17.3 Å². The molecule has 2 heterocycles. The second kappa shape index (κ2) is 6.05. The van der Waals surface area contributed by atoms with Gasteiger partial charge in [0.05, 0.1) is 29.0 Å². The van der Waals surface area contributed by atoms with Crippen LogP contribution in [0.25, 0.3) is 10.9 Å². The summed E-state index contributed by atoms with van der Waals surface area (Å²) >= 11 is 0. The van der Waals surface area contributed by atoms with Crippen LogP contribution in [0.3, 0.4) is 0 Å². The standard InChI is InChI=1S/C19H18N4/c1-12-7-13(2)18-17(8-12)19(15(9-20)10-21-18)22-11-16-6-4-5-14(3)23-16/h4-8,10H,11H2,1-3H3,(H,21,22). The molecule has 0 bridgehead atoms. The summed E-state index contributed by atoms with van der Waals surface area (Å²) in [6.07, 6.45) is 1.64. The summed E-state index contributed by atoms with van der Waals surface area (Å²) in [5.41, 5.74) is 6.50. The van der Waals surface area contributed by atoms with Crippen LogP contribution in [-0.2, 0) is 6.54 Å². The number of aromatic nitrogens is 2. The third-order valence-electron chi connectivity index (χ3n) is 3.82. The van der Waals surface area contributed by atoms with Crippen LogP contribution in [0.1, 0.15) is 28.1 Å². The SMILES string of the molecule is Cc1cc(C)c2ncc(C#N)c(NCc3cccc(C)n3)c2c1. The number of nitrogens with one attached hydrogen (secondary N) is 1. The highest BCUT2D eigenvalue weighted by Gasteiger charge is 2.11. The van der Waals surface area contributed by atoms with Gasteiger partial charge in [-0.1, -0.05) is 17.7 Å². The van der Waals surface area contributed by atoms with Crippen LogP contribution >= 0.6 is 0 Å². The fourth-order valence-corrected chi connectivity index (χ4v) is 2.81. The molecule has 3 aromatic rings. The van der Waals surface area contributed by atoms with Gasteiger partial charge in [-0.2, -0.15) is 5.26 Å². The molecular formula is C19H18N4. The van der Waals surface area contributed by atoms with Crippen LogP contribution in [0.2, 0.25) is 0 Å². The number of hydrogen-bond donors (Lipinski definition) is 1. The Morgan fingerprint density at radius 1 is 1.17 bits per heavy atom. The molecule has 0 aliphatic rings. The Hall–Kier alpha value is -2.93. The van der Waals surface area contributed by atoms with Gasteiger partial charge in [0.15, 0.2) is 0 Å². The molecule has 23 heavy (non-hydrogen) atoms. The third-order valence-corrected chi connectivity index (χ3v) is 3.82. The van der Waals surface area contributed by atoms with Crippen molar-refractivity contribution < 1.29 is 0 Å². The predicted octanol–water partition coefficient (Wildman–Crippen LogP) is 4.04. The van der Waals surface area contributed by atoms with E-state index in [0.29, 0.717) is 12.1 Å². The Morgan fingerprint density at radius 2 is 2.00 bits per heavy atom. The van der Waals surface area contributed by atoms with E-state index in [1.165, 1.54) is 0 Å². The molecule has 0 saturated carbocycles. The minimum absolute atomic E-state index is 0.551. The molecule has 0 spiro atoms. The number of aryl methyl sites for hydroxylation is 3. The first-order valence-electron chi connectivity index (χ1n) is 7.55. The van der Waals surface area contributed by atoms with Gasteiger partial charge in [0.1, 0.15) is 6.07 Å². The highest BCUT2D eigenvalue weighted by molar-refractivity contribution is 5.96. The molecule has 1 N–H and O–H groups in total. The molecule has 4 heteroatoms. The summed E-state index contributed by atoms with van der Waals surface area (Å²) in [4.78, 5) is 8.94. The zero-order valence-corrected chi connectivity index (χ0v) is 13.5. The van der Waals surface area contributed by atoms with E-state index in [0.717, 1.165) is 39.1 Å². The quantitative estimate of drug-likeness (QED) is 0.793. The van der Waals surface area contributed by atoms with Gasteiger partial charge in [0.2, 0.25) is 0 Å². The van der Waals surface area contributed by atoms with Crippen molar-refractivity contribution in [2.24, 2.45) is 0 Å². The predicted molar refractivity (Wildman–Crippen MR) is 92.2 cm³/mol. The molecular weight excluding hydrogens is 284 g/mol. The Balaban J connectivity index is 2.06. The number of fused-ring (bicyclic) bond motifs is 1. The lowest BCUT2D eigenvalue weighted by Crippen LogP contribution is -2.05. The largest absolute Gasteiger partial charge is 0.378 e. The third kappa shape index (κ3) is 3.00. The van der Waals surface area contributed by atoms with Crippen LogP contribution in [-0.4, -0.2) is 9.97 Å². The highest BCUT2D eigenvalue weighted by atomic mass is 14.9. The van der Waals surface area contributed by atoms with Crippen LogP contribution < -0.4 is 5.32 Å². The van der Waals surface area contributed by atoms with E-state index in [9.17, 15) is 5.26 Å². The smallest absolute Gasteiger partial charge is 0.103 e. The van der Waals surface area contributed by atoms with E-state index >= 15 is 0 Å². The van der Waals surface area contributed by atoms with Crippen LogP contribution in [0, 0.1) is 32.1 Å². The number of anilines is 1. The number of benzene rings is 1. The molecule has 3 rings (SSSR count). The second-order valence-corrected chi connectivity index (χ2v) is 5.76. The van der Waals surface area contributed by atoms with Crippen molar-refractivity contribution >= 4 is 16.6 Å². The van der Waals surface area contributed by atoms with E-state index in [-0.39, 0.29) is 0 Å². The summed E-state index contributed by atoms with van der Waals surface area (Å²) in [7, 11) is 0. The van der Waals surface area contributed by atoms with Crippen LogP contribution in [0.15, 0.2) is 36.5 Å². The van der Waals surface area contributed by atoms with Gasteiger partial charge < -0.3 is 5.32 Å². The van der Waals surface area contributed by atoms with Gasteiger partial charge in [-0.15, -0.1) is 0 Å². The first-order chi connectivity index (χ1) is 11.1. The molecule has 0 aliphatic heterocycles. The average molecular weight is 302 g/mol. The molecule has 0 saturated heterocycles. The van der Waals surface area contributed by atoms with Crippen molar-refractivity contribution in [2.45, 2.75) is 27.3 Å². The number of hydrogen-bond acceptors (Lipinski definition) is 4. The lowest BCUT2D eigenvalue weighted by Gasteiger charge is -2.13. The van der Waals surface area contributed by atoms with Crippen molar-refractivity contribution in [2.75, 3.05) is 5.32 Å². The maximum absolute atomic E-state index is 9.41. The molecule has 0 amide bonds. The van der Waals surface area contributed by atoms with Gasteiger partial charge in [-0.25, -0.2) is 0 Å². The van der Waals surface area contributed by atoms with Gasteiger partial charge in [-0.05, 0) is 44.5 Å². The van der Waals surface area contributed by atoms with Crippen molar-refractivity contribution in [3.63, 3.8) is 0 Å². The summed E-state index contributed by atoms with van der Waals surface area (Å²) in [5.74, 6) is 0. The van der Waals surface area contributed by atoms with Crippen molar-refractivity contribution in [3.05, 3.63) is 64.6 Å². The number of pyridine rings is 2. The maximum atomic E-state index is 9.41. The number of nitrogens with zero attached hydrogens (tertiary/aromatic N) is 3. The molecule has 1 aromatic carbocycles. The normalized spacial score (nSPS) is 10.5. The lowest BCUT2D eigenvalue weighted by atomic mass is 10.0. The monoisotopic (exact) mass is 302 g/mol. The molecule has 0 fully saturated rings. The molecule has 4 nitrogen and oxygen atoms in total. The molecule has 0 unspecified atom stereocenters. The topological polar surface area (TPSA) is 61.6 Å². The Kier molecular flexibility index (Phi) is 3.94. The highest BCUT2D eigenvalue weighted by Crippen LogP contribution is 2.29. The Morgan fingerprint density at radius 3 is 2.74 bits per heavy atom. The fraction of sp³-hybridized carbons (Fsp3) is 0.211. The van der Waals surface area contributed by atoms with Gasteiger partial charge in [0.25, 0.3) is 0 Å². The minimum Gasteiger partial charge on any atom is -0.378 e. The summed E-state index contributed by atoms with van der Waals surface area (Å²) in [5, 5.41) is 13.8. The zero-order valence-electron chi connectivity index (χ0n) is 13.5. The maximum Gasteiger partial charge on any atom is 0.103 e. The van der Waals surface area contributed by atoms with Crippen molar-refractivity contribution in [1.29, 1.82) is 5.26 Å².